The van der Waals surface area contributed by atoms with E-state index in [4.69, 9.17) is 5.26 Å². The van der Waals surface area contributed by atoms with Gasteiger partial charge in [-0.05, 0) is 18.2 Å². The van der Waals surface area contributed by atoms with E-state index in [9.17, 15) is 12.8 Å². The summed E-state index contributed by atoms with van der Waals surface area (Å²) in [7, 11) is -3.00. The van der Waals surface area contributed by atoms with Crippen molar-refractivity contribution in [2.45, 2.75) is 4.90 Å². The average molecular weight is 259 g/mol. The maximum atomic E-state index is 13.0. The summed E-state index contributed by atoms with van der Waals surface area (Å²) in [5.41, 5.74) is 0.238. The minimum absolute atomic E-state index is 0.0378. The van der Waals surface area contributed by atoms with E-state index >= 15 is 0 Å². The minimum Gasteiger partial charge on any atom is -0.229 e. The maximum Gasteiger partial charge on any atom is 0.148 e. The first-order valence-corrected chi connectivity index (χ1v) is 7.46. The molecule has 0 N–H and O–H groups in total. The van der Waals surface area contributed by atoms with Crippen LogP contribution in [0, 0.1) is 17.1 Å². The molecule has 0 aliphatic rings. The number of benzene rings is 1. The Labute approximate surface area is 98.2 Å². The minimum atomic E-state index is -3.00. The summed E-state index contributed by atoms with van der Waals surface area (Å²) < 4.78 is 34.7. The van der Waals surface area contributed by atoms with Gasteiger partial charge in [0.25, 0.3) is 0 Å². The molecule has 1 aromatic rings. The van der Waals surface area contributed by atoms with Crippen LogP contribution in [0.25, 0.3) is 0 Å². The Hall–Kier alpha value is -1.06. The van der Waals surface area contributed by atoms with Crippen molar-refractivity contribution < 1.29 is 12.8 Å². The standard InChI is InChI=1S/C10H10FNO2S2/c1-16(13,14)3-2-15-10-5-8(7-12)4-9(11)6-10/h4-6H,2-3H2,1H3. The fourth-order valence-electron chi connectivity index (χ4n) is 1.02. The Morgan fingerprint density at radius 2 is 2.12 bits per heavy atom. The van der Waals surface area contributed by atoms with E-state index in [-0.39, 0.29) is 11.3 Å². The number of hydrogen-bond donors (Lipinski definition) is 0. The normalized spacial score (nSPS) is 11.1. The lowest BCUT2D eigenvalue weighted by Gasteiger charge is -2.01. The van der Waals surface area contributed by atoms with Crippen LogP contribution in [-0.2, 0) is 9.84 Å². The molecule has 0 heterocycles. The lowest BCUT2D eigenvalue weighted by atomic mass is 10.2. The fraction of sp³-hybridized carbons (Fsp3) is 0.300. The Balaban J connectivity index is 2.68. The Kier molecular flexibility index (Phi) is 4.33. The predicted molar refractivity (Wildman–Crippen MR) is 61.5 cm³/mol. The third-order valence-corrected chi connectivity index (χ3v) is 3.90. The van der Waals surface area contributed by atoms with Crippen molar-refractivity contribution in [1.82, 2.24) is 0 Å². The molecule has 0 amide bonds. The summed E-state index contributed by atoms with van der Waals surface area (Å²) in [5.74, 6) is -0.0932. The lowest BCUT2D eigenvalue weighted by molar-refractivity contribution is 0.603. The van der Waals surface area contributed by atoms with Gasteiger partial charge in [0.05, 0.1) is 17.4 Å². The topological polar surface area (TPSA) is 57.9 Å². The van der Waals surface area contributed by atoms with Crippen LogP contribution >= 0.6 is 11.8 Å². The SMILES string of the molecule is CS(=O)(=O)CCSc1cc(F)cc(C#N)c1. The van der Waals surface area contributed by atoms with Gasteiger partial charge in [0, 0.05) is 16.9 Å². The molecule has 0 radical (unpaired) electrons. The molecule has 0 bridgehead atoms. The molecule has 1 aromatic carbocycles. The van der Waals surface area contributed by atoms with E-state index in [2.05, 4.69) is 0 Å². The van der Waals surface area contributed by atoms with Gasteiger partial charge in [-0.1, -0.05) is 0 Å². The molecule has 0 fully saturated rings. The van der Waals surface area contributed by atoms with Crippen LogP contribution in [0.2, 0.25) is 0 Å². The highest BCUT2D eigenvalue weighted by molar-refractivity contribution is 8.00. The highest BCUT2D eigenvalue weighted by Gasteiger charge is 2.04. The van der Waals surface area contributed by atoms with Crippen LogP contribution in [0.1, 0.15) is 5.56 Å². The second kappa shape index (κ2) is 5.32. The predicted octanol–water partition coefficient (Wildman–Crippen LogP) is 1.83. The van der Waals surface area contributed by atoms with E-state index < -0.39 is 15.7 Å². The largest absolute Gasteiger partial charge is 0.229 e. The molecule has 0 aliphatic carbocycles. The molecule has 0 aromatic heterocycles. The molecule has 6 heteroatoms. The fourth-order valence-corrected chi connectivity index (χ4v) is 3.21. The van der Waals surface area contributed by atoms with E-state index in [0.717, 1.165) is 12.3 Å². The Morgan fingerprint density at radius 1 is 1.44 bits per heavy atom. The quantitative estimate of drug-likeness (QED) is 0.774. The number of sulfone groups is 1. The van der Waals surface area contributed by atoms with Crippen molar-refractivity contribution in [3.63, 3.8) is 0 Å². The first-order chi connectivity index (χ1) is 7.40. The van der Waals surface area contributed by atoms with Crippen LogP contribution in [0.3, 0.4) is 0 Å². The summed E-state index contributed by atoms with van der Waals surface area (Å²) in [6.45, 7) is 0. The summed E-state index contributed by atoms with van der Waals surface area (Å²) in [5, 5.41) is 8.62. The average Bonchev–Trinajstić information content (AvgIpc) is 2.14. The molecular weight excluding hydrogens is 249 g/mol. The van der Waals surface area contributed by atoms with Crippen LogP contribution in [0.4, 0.5) is 4.39 Å². The second-order valence-electron chi connectivity index (χ2n) is 3.27. The van der Waals surface area contributed by atoms with E-state index in [1.165, 1.54) is 23.9 Å². The third kappa shape index (κ3) is 4.64. The van der Waals surface area contributed by atoms with Gasteiger partial charge in [-0.15, -0.1) is 11.8 Å². The van der Waals surface area contributed by atoms with Gasteiger partial charge in [0.1, 0.15) is 15.7 Å². The molecule has 16 heavy (non-hydrogen) atoms. The van der Waals surface area contributed by atoms with E-state index in [1.807, 2.05) is 6.07 Å². The maximum absolute atomic E-state index is 13.0. The lowest BCUT2D eigenvalue weighted by Crippen LogP contribution is -2.04. The molecule has 0 saturated heterocycles. The van der Waals surface area contributed by atoms with Crippen molar-refractivity contribution in [1.29, 1.82) is 5.26 Å². The van der Waals surface area contributed by atoms with Crippen LogP contribution in [-0.4, -0.2) is 26.2 Å². The number of hydrogen-bond acceptors (Lipinski definition) is 4. The number of halogens is 1. The van der Waals surface area contributed by atoms with Crippen molar-refractivity contribution in [2.75, 3.05) is 17.8 Å². The highest BCUT2D eigenvalue weighted by Crippen LogP contribution is 2.20. The first kappa shape index (κ1) is 13.0. The highest BCUT2D eigenvalue weighted by atomic mass is 32.2. The van der Waals surface area contributed by atoms with Gasteiger partial charge in [-0.3, -0.25) is 0 Å². The number of thioether (sulfide) groups is 1. The van der Waals surface area contributed by atoms with Crippen molar-refractivity contribution in [2.24, 2.45) is 0 Å². The molecule has 0 atom stereocenters. The molecular formula is C10H10FNO2S2. The summed E-state index contributed by atoms with van der Waals surface area (Å²) in [6, 6.07) is 5.81. The number of nitriles is 1. The smallest absolute Gasteiger partial charge is 0.148 e. The number of nitrogens with zero attached hydrogens (tertiary/aromatic N) is 1. The van der Waals surface area contributed by atoms with Crippen LogP contribution in [0.5, 0.6) is 0 Å². The zero-order valence-corrected chi connectivity index (χ0v) is 10.2. The Morgan fingerprint density at radius 3 is 2.69 bits per heavy atom. The molecule has 0 saturated carbocycles. The van der Waals surface area contributed by atoms with Gasteiger partial charge < -0.3 is 0 Å². The monoisotopic (exact) mass is 259 g/mol. The summed E-state index contributed by atoms with van der Waals surface area (Å²) >= 11 is 1.22. The molecule has 86 valence electrons. The molecule has 1 rings (SSSR count). The van der Waals surface area contributed by atoms with Gasteiger partial charge in [-0.2, -0.15) is 5.26 Å². The van der Waals surface area contributed by atoms with Crippen LogP contribution in [0.15, 0.2) is 23.1 Å². The zero-order chi connectivity index (χ0) is 12.2. The summed E-state index contributed by atoms with van der Waals surface area (Å²) in [4.78, 5) is 0.570. The van der Waals surface area contributed by atoms with Crippen molar-refractivity contribution >= 4 is 21.6 Å². The zero-order valence-electron chi connectivity index (χ0n) is 8.60. The number of rotatable bonds is 4. The molecule has 0 spiro atoms. The van der Waals surface area contributed by atoms with Gasteiger partial charge in [0.2, 0.25) is 0 Å². The van der Waals surface area contributed by atoms with Gasteiger partial charge >= 0.3 is 0 Å². The molecule has 0 unspecified atom stereocenters. The van der Waals surface area contributed by atoms with E-state index in [0.29, 0.717) is 10.6 Å². The van der Waals surface area contributed by atoms with Gasteiger partial charge in [-0.25, -0.2) is 12.8 Å². The van der Waals surface area contributed by atoms with E-state index in [1.54, 1.807) is 0 Å². The Bertz CT molecular complexity index is 520. The van der Waals surface area contributed by atoms with Crippen molar-refractivity contribution in [3.05, 3.63) is 29.6 Å². The van der Waals surface area contributed by atoms with Crippen LogP contribution < -0.4 is 0 Å². The van der Waals surface area contributed by atoms with Crippen molar-refractivity contribution in [3.8, 4) is 6.07 Å². The molecule has 0 aliphatic heterocycles. The third-order valence-electron chi connectivity index (χ3n) is 1.72. The molecule has 3 nitrogen and oxygen atoms in total. The second-order valence-corrected chi connectivity index (χ2v) is 6.69. The summed E-state index contributed by atoms with van der Waals surface area (Å²) in [6.07, 6.45) is 1.15. The first-order valence-electron chi connectivity index (χ1n) is 4.42. The van der Waals surface area contributed by atoms with Gasteiger partial charge in [0.15, 0.2) is 0 Å².